The van der Waals surface area contributed by atoms with Crippen LogP contribution in [0.5, 0.6) is 0 Å². The summed E-state index contributed by atoms with van der Waals surface area (Å²) in [5.41, 5.74) is 0.782. The van der Waals surface area contributed by atoms with Gasteiger partial charge in [-0.05, 0) is 37.3 Å². The fourth-order valence-electron chi connectivity index (χ4n) is 2.00. The van der Waals surface area contributed by atoms with E-state index in [0.29, 0.717) is 12.1 Å². The minimum absolute atomic E-state index is 0.0405. The molecule has 20 heavy (non-hydrogen) atoms. The van der Waals surface area contributed by atoms with Gasteiger partial charge in [-0.25, -0.2) is 9.78 Å². The molecule has 0 bridgehead atoms. The van der Waals surface area contributed by atoms with Crippen LogP contribution in [-0.4, -0.2) is 34.9 Å². The molecule has 1 N–H and O–H groups in total. The Morgan fingerprint density at radius 3 is 2.65 bits per heavy atom. The molecule has 1 aromatic heterocycles. The molecule has 0 aromatic carbocycles. The number of ether oxygens (including phenoxy) is 1. The highest BCUT2D eigenvalue weighted by atomic mass is 32.2. The van der Waals surface area contributed by atoms with Crippen LogP contribution in [0.15, 0.2) is 17.2 Å². The number of rotatable bonds is 6. The third kappa shape index (κ3) is 3.50. The molecule has 108 valence electrons. The van der Waals surface area contributed by atoms with Crippen LogP contribution in [-0.2, 0) is 9.53 Å². The van der Waals surface area contributed by atoms with E-state index in [-0.39, 0.29) is 16.9 Å². The van der Waals surface area contributed by atoms with Crippen molar-refractivity contribution in [3.8, 4) is 0 Å². The standard InChI is InChI=1S/C14H17NO4S/c1-9-10(13(17)18)3-4-11(15-9)20-8-14(5-6-14)7-12(16)19-2/h3-4H,5-8H2,1-2H3,(H,17,18). The number of hydrogen-bond acceptors (Lipinski definition) is 5. The average Bonchev–Trinajstić information content (AvgIpc) is 3.16. The highest BCUT2D eigenvalue weighted by Crippen LogP contribution is 2.52. The molecule has 5 nitrogen and oxygen atoms in total. The molecule has 1 fully saturated rings. The number of carboxylic acid groups (broad SMARTS) is 1. The van der Waals surface area contributed by atoms with Crippen LogP contribution < -0.4 is 0 Å². The van der Waals surface area contributed by atoms with Crippen LogP contribution in [0.2, 0.25) is 0 Å². The molecule has 1 saturated carbocycles. The molecule has 1 aliphatic carbocycles. The maximum Gasteiger partial charge on any atom is 0.337 e. The van der Waals surface area contributed by atoms with E-state index in [4.69, 9.17) is 9.84 Å². The zero-order valence-corrected chi connectivity index (χ0v) is 12.3. The van der Waals surface area contributed by atoms with E-state index in [1.165, 1.54) is 7.11 Å². The topological polar surface area (TPSA) is 76.5 Å². The predicted octanol–water partition coefficient (Wildman–Crippen LogP) is 2.52. The van der Waals surface area contributed by atoms with E-state index in [0.717, 1.165) is 23.6 Å². The van der Waals surface area contributed by atoms with Gasteiger partial charge in [-0.15, -0.1) is 11.8 Å². The zero-order valence-electron chi connectivity index (χ0n) is 11.5. The number of methoxy groups -OCH3 is 1. The molecule has 0 spiro atoms. The monoisotopic (exact) mass is 295 g/mol. The average molecular weight is 295 g/mol. The highest BCUT2D eigenvalue weighted by molar-refractivity contribution is 7.99. The third-order valence-electron chi connectivity index (χ3n) is 3.52. The first kappa shape index (κ1) is 14.8. The highest BCUT2D eigenvalue weighted by Gasteiger charge is 2.44. The molecule has 1 aliphatic rings. The van der Waals surface area contributed by atoms with Crippen LogP contribution in [0.1, 0.15) is 35.3 Å². The van der Waals surface area contributed by atoms with E-state index in [1.807, 2.05) is 0 Å². The number of aromatic nitrogens is 1. The summed E-state index contributed by atoms with van der Waals surface area (Å²) < 4.78 is 4.71. The second-order valence-electron chi connectivity index (χ2n) is 5.13. The second kappa shape index (κ2) is 5.83. The Kier molecular flexibility index (Phi) is 4.32. The van der Waals surface area contributed by atoms with E-state index in [9.17, 15) is 9.59 Å². The minimum atomic E-state index is -0.962. The van der Waals surface area contributed by atoms with Crippen molar-refractivity contribution in [3.63, 3.8) is 0 Å². The number of carboxylic acids is 1. The molecule has 6 heteroatoms. The number of thioether (sulfide) groups is 1. The lowest BCUT2D eigenvalue weighted by Crippen LogP contribution is -2.13. The van der Waals surface area contributed by atoms with Crippen molar-refractivity contribution in [3.05, 3.63) is 23.4 Å². The van der Waals surface area contributed by atoms with Crippen LogP contribution >= 0.6 is 11.8 Å². The molecule has 0 atom stereocenters. The molecule has 0 saturated heterocycles. The molecule has 0 radical (unpaired) electrons. The first-order valence-electron chi connectivity index (χ1n) is 6.36. The van der Waals surface area contributed by atoms with Crippen molar-refractivity contribution < 1.29 is 19.4 Å². The summed E-state index contributed by atoms with van der Waals surface area (Å²) in [6, 6.07) is 3.29. The smallest absolute Gasteiger partial charge is 0.337 e. The van der Waals surface area contributed by atoms with Crippen molar-refractivity contribution in [2.45, 2.75) is 31.2 Å². The molecule has 2 rings (SSSR count). The lowest BCUT2D eigenvalue weighted by molar-refractivity contribution is -0.141. The molecular weight excluding hydrogens is 278 g/mol. The summed E-state index contributed by atoms with van der Waals surface area (Å²) in [6.07, 6.45) is 2.51. The molecule has 0 aliphatic heterocycles. The van der Waals surface area contributed by atoms with Gasteiger partial charge < -0.3 is 9.84 Å². The normalized spacial score (nSPS) is 15.7. The number of esters is 1. The number of pyridine rings is 1. The fraction of sp³-hybridized carbons (Fsp3) is 0.500. The number of aromatic carboxylic acids is 1. The van der Waals surface area contributed by atoms with Gasteiger partial charge in [0.25, 0.3) is 0 Å². The summed E-state index contributed by atoms with van der Waals surface area (Å²) in [6.45, 7) is 1.69. The SMILES string of the molecule is COC(=O)CC1(CSc2ccc(C(=O)O)c(C)n2)CC1. The molecule has 0 unspecified atom stereocenters. The van der Waals surface area contributed by atoms with Gasteiger partial charge >= 0.3 is 11.9 Å². The Hall–Kier alpha value is -1.56. The number of carbonyl (C=O) groups is 2. The quantitative estimate of drug-likeness (QED) is 0.642. The van der Waals surface area contributed by atoms with Gasteiger partial charge in [0.05, 0.1) is 29.8 Å². The summed E-state index contributed by atoms with van der Waals surface area (Å²) >= 11 is 1.57. The van der Waals surface area contributed by atoms with Crippen LogP contribution in [0.3, 0.4) is 0 Å². The maximum absolute atomic E-state index is 11.3. The largest absolute Gasteiger partial charge is 0.478 e. The Bertz CT molecular complexity index is 540. The molecule has 1 heterocycles. The van der Waals surface area contributed by atoms with Crippen LogP contribution in [0, 0.1) is 12.3 Å². The van der Waals surface area contributed by atoms with Crippen LogP contribution in [0.25, 0.3) is 0 Å². The summed E-state index contributed by atoms with van der Waals surface area (Å²) in [4.78, 5) is 26.5. The van der Waals surface area contributed by atoms with Crippen molar-refractivity contribution in [2.75, 3.05) is 12.9 Å². The van der Waals surface area contributed by atoms with Crippen molar-refractivity contribution in [2.24, 2.45) is 5.41 Å². The fourth-order valence-corrected chi connectivity index (χ4v) is 3.21. The van der Waals surface area contributed by atoms with E-state index in [1.54, 1.807) is 30.8 Å². The summed E-state index contributed by atoms with van der Waals surface area (Å²) in [7, 11) is 1.40. The zero-order chi connectivity index (χ0) is 14.8. The van der Waals surface area contributed by atoms with Crippen LogP contribution in [0.4, 0.5) is 0 Å². The Labute approximate surface area is 121 Å². The lowest BCUT2D eigenvalue weighted by atomic mass is 10.1. The Balaban J connectivity index is 1.96. The predicted molar refractivity (Wildman–Crippen MR) is 75.0 cm³/mol. The van der Waals surface area contributed by atoms with Gasteiger partial charge in [-0.2, -0.15) is 0 Å². The number of aryl methyl sites for hydroxylation is 1. The lowest BCUT2D eigenvalue weighted by Gasteiger charge is -2.13. The second-order valence-corrected chi connectivity index (χ2v) is 6.12. The molecule has 0 amide bonds. The summed E-state index contributed by atoms with van der Waals surface area (Å²) in [5.74, 6) is -0.328. The van der Waals surface area contributed by atoms with Crippen molar-refractivity contribution in [1.29, 1.82) is 0 Å². The van der Waals surface area contributed by atoms with Gasteiger partial charge in [0.15, 0.2) is 0 Å². The number of hydrogen-bond donors (Lipinski definition) is 1. The third-order valence-corrected chi connectivity index (χ3v) is 4.80. The van der Waals surface area contributed by atoms with Gasteiger partial charge in [-0.1, -0.05) is 0 Å². The first-order chi connectivity index (χ1) is 9.46. The van der Waals surface area contributed by atoms with Gasteiger partial charge in [0, 0.05) is 5.75 Å². The van der Waals surface area contributed by atoms with E-state index in [2.05, 4.69) is 4.98 Å². The first-order valence-corrected chi connectivity index (χ1v) is 7.35. The van der Waals surface area contributed by atoms with Gasteiger partial charge in [-0.3, -0.25) is 4.79 Å². The van der Waals surface area contributed by atoms with Crippen molar-refractivity contribution in [1.82, 2.24) is 4.98 Å². The van der Waals surface area contributed by atoms with E-state index < -0.39 is 5.97 Å². The van der Waals surface area contributed by atoms with Gasteiger partial charge in [0.1, 0.15) is 0 Å². The summed E-state index contributed by atoms with van der Waals surface area (Å²) in [5, 5.41) is 9.75. The Morgan fingerprint density at radius 1 is 1.45 bits per heavy atom. The maximum atomic E-state index is 11.3. The van der Waals surface area contributed by atoms with Gasteiger partial charge in [0.2, 0.25) is 0 Å². The number of carbonyl (C=O) groups excluding carboxylic acids is 1. The minimum Gasteiger partial charge on any atom is -0.478 e. The number of nitrogens with zero attached hydrogens (tertiary/aromatic N) is 1. The van der Waals surface area contributed by atoms with Crippen molar-refractivity contribution >= 4 is 23.7 Å². The Morgan fingerprint density at radius 2 is 2.15 bits per heavy atom. The van der Waals surface area contributed by atoms with E-state index >= 15 is 0 Å². The molecular formula is C14H17NO4S. The molecule has 1 aromatic rings.